The lowest BCUT2D eigenvalue weighted by molar-refractivity contribution is -0.135. The third-order valence-corrected chi connectivity index (χ3v) is 6.45. The van der Waals surface area contributed by atoms with Gasteiger partial charge in [-0.3, -0.25) is 4.79 Å². The number of amides is 1. The van der Waals surface area contributed by atoms with Crippen molar-refractivity contribution in [2.75, 3.05) is 49.2 Å². The molecule has 2 fully saturated rings. The molecule has 132 valence electrons. The molecule has 24 heavy (non-hydrogen) atoms. The van der Waals surface area contributed by atoms with Crippen LogP contribution in [-0.4, -0.2) is 63.5 Å². The molecule has 0 aromatic heterocycles. The third kappa shape index (κ3) is 3.66. The summed E-state index contributed by atoms with van der Waals surface area (Å²) in [6.07, 6.45) is 0.467. The largest absolute Gasteiger partial charge is 0.492 e. The fourth-order valence-electron chi connectivity index (χ4n) is 3.41. The highest BCUT2D eigenvalue weighted by Gasteiger charge is 2.36. The van der Waals surface area contributed by atoms with Gasteiger partial charge in [0.1, 0.15) is 5.75 Å². The quantitative estimate of drug-likeness (QED) is 0.814. The smallest absolute Gasteiger partial charge is 0.226 e. The van der Waals surface area contributed by atoms with Gasteiger partial charge < -0.3 is 14.5 Å². The van der Waals surface area contributed by atoms with Crippen LogP contribution in [0.3, 0.4) is 0 Å². The molecule has 1 aromatic rings. The van der Waals surface area contributed by atoms with E-state index in [9.17, 15) is 13.2 Å². The molecule has 2 saturated heterocycles. The molecule has 7 heteroatoms. The van der Waals surface area contributed by atoms with E-state index in [0.717, 1.165) is 24.5 Å². The van der Waals surface area contributed by atoms with Crippen LogP contribution in [0, 0.1) is 5.92 Å². The molecule has 1 atom stereocenters. The summed E-state index contributed by atoms with van der Waals surface area (Å²) in [5.41, 5.74) is 1.05. The highest BCUT2D eigenvalue weighted by Crippen LogP contribution is 2.29. The number of ether oxygens (including phenoxy) is 1. The van der Waals surface area contributed by atoms with E-state index in [-0.39, 0.29) is 23.3 Å². The number of piperazine rings is 1. The second-order valence-corrected chi connectivity index (χ2v) is 8.54. The highest BCUT2D eigenvalue weighted by atomic mass is 32.2. The first-order valence-corrected chi connectivity index (χ1v) is 10.3. The first-order chi connectivity index (χ1) is 11.5. The Hall–Kier alpha value is -1.76. The molecule has 0 radical (unpaired) electrons. The molecule has 0 aliphatic carbocycles. The molecule has 0 spiro atoms. The number of carbonyl (C=O) groups excluding carboxylic acids is 1. The molecule has 0 unspecified atom stereocenters. The zero-order chi connectivity index (χ0) is 17.2. The number of rotatable bonds is 4. The van der Waals surface area contributed by atoms with E-state index in [1.807, 2.05) is 36.1 Å². The summed E-state index contributed by atoms with van der Waals surface area (Å²) in [4.78, 5) is 16.6. The second-order valence-electron chi connectivity index (χ2n) is 6.31. The van der Waals surface area contributed by atoms with Crippen LogP contribution >= 0.6 is 0 Å². The van der Waals surface area contributed by atoms with Crippen molar-refractivity contribution in [2.45, 2.75) is 13.3 Å². The highest BCUT2D eigenvalue weighted by molar-refractivity contribution is 7.91. The number of para-hydroxylation sites is 2. The minimum Gasteiger partial charge on any atom is -0.492 e. The van der Waals surface area contributed by atoms with E-state index in [4.69, 9.17) is 4.74 Å². The fraction of sp³-hybridized carbons (Fsp3) is 0.588. The maximum atomic E-state index is 12.5. The first kappa shape index (κ1) is 17.1. The van der Waals surface area contributed by atoms with Gasteiger partial charge in [0.25, 0.3) is 0 Å². The molecule has 0 saturated carbocycles. The Balaban J connectivity index is 1.61. The lowest BCUT2D eigenvalue weighted by Gasteiger charge is -2.37. The maximum Gasteiger partial charge on any atom is 0.226 e. The Kier molecular flexibility index (Phi) is 4.99. The average molecular weight is 352 g/mol. The van der Waals surface area contributed by atoms with E-state index < -0.39 is 9.84 Å². The number of benzene rings is 1. The zero-order valence-corrected chi connectivity index (χ0v) is 14.8. The molecular weight excluding hydrogens is 328 g/mol. The Bertz CT molecular complexity index is 696. The molecule has 2 aliphatic rings. The predicted molar refractivity (Wildman–Crippen MR) is 93.2 cm³/mol. The van der Waals surface area contributed by atoms with Crippen molar-refractivity contribution in [3.8, 4) is 5.75 Å². The number of carbonyl (C=O) groups is 1. The van der Waals surface area contributed by atoms with Gasteiger partial charge in [-0.15, -0.1) is 0 Å². The van der Waals surface area contributed by atoms with E-state index in [2.05, 4.69) is 4.90 Å². The van der Waals surface area contributed by atoms with Crippen LogP contribution in [-0.2, 0) is 14.6 Å². The van der Waals surface area contributed by atoms with Crippen LogP contribution in [0.15, 0.2) is 24.3 Å². The van der Waals surface area contributed by atoms with Crippen LogP contribution in [0.25, 0.3) is 0 Å². The van der Waals surface area contributed by atoms with Crippen LogP contribution < -0.4 is 9.64 Å². The summed E-state index contributed by atoms with van der Waals surface area (Å²) >= 11 is 0. The van der Waals surface area contributed by atoms with Gasteiger partial charge in [0.2, 0.25) is 5.91 Å². The summed E-state index contributed by atoms with van der Waals surface area (Å²) in [5, 5.41) is 0. The topological polar surface area (TPSA) is 66.9 Å². The maximum absolute atomic E-state index is 12.5. The lowest BCUT2D eigenvalue weighted by atomic mass is 10.1. The average Bonchev–Trinajstić information content (AvgIpc) is 2.95. The number of nitrogens with zero attached hydrogens (tertiary/aromatic N) is 2. The van der Waals surface area contributed by atoms with Crippen molar-refractivity contribution < 1.29 is 17.9 Å². The second kappa shape index (κ2) is 7.01. The molecule has 1 aromatic carbocycles. The van der Waals surface area contributed by atoms with Crippen molar-refractivity contribution in [3.63, 3.8) is 0 Å². The van der Waals surface area contributed by atoms with Gasteiger partial charge in [-0.1, -0.05) is 12.1 Å². The van der Waals surface area contributed by atoms with Gasteiger partial charge in [0.15, 0.2) is 9.84 Å². The third-order valence-electron chi connectivity index (χ3n) is 4.68. The Morgan fingerprint density at radius 2 is 1.92 bits per heavy atom. The molecule has 1 amide bonds. The van der Waals surface area contributed by atoms with Crippen LogP contribution in [0.4, 0.5) is 5.69 Å². The van der Waals surface area contributed by atoms with Crippen LogP contribution in [0.2, 0.25) is 0 Å². The SMILES string of the molecule is CCOc1ccccc1N1CCN(C(=O)[C@@H]2CCS(=O)(=O)C2)CC1. The summed E-state index contributed by atoms with van der Waals surface area (Å²) in [5.74, 6) is 0.664. The van der Waals surface area contributed by atoms with Gasteiger partial charge in [-0.05, 0) is 25.5 Å². The monoisotopic (exact) mass is 352 g/mol. The Morgan fingerprint density at radius 3 is 2.54 bits per heavy atom. The van der Waals surface area contributed by atoms with Crippen LogP contribution in [0.1, 0.15) is 13.3 Å². The van der Waals surface area contributed by atoms with Crippen LogP contribution in [0.5, 0.6) is 5.75 Å². The Morgan fingerprint density at radius 1 is 1.21 bits per heavy atom. The summed E-state index contributed by atoms with van der Waals surface area (Å²) in [6, 6.07) is 7.93. The number of anilines is 1. The fourth-order valence-corrected chi connectivity index (χ4v) is 5.14. The lowest BCUT2D eigenvalue weighted by Crippen LogP contribution is -2.50. The minimum atomic E-state index is -3.02. The molecule has 2 aliphatic heterocycles. The van der Waals surface area contributed by atoms with Crippen molar-refractivity contribution in [3.05, 3.63) is 24.3 Å². The summed E-state index contributed by atoms with van der Waals surface area (Å²) < 4.78 is 28.8. The summed E-state index contributed by atoms with van der Waals surface area (Å²) in [6.45, 7) is 5.28. The normalized spacial score (nSPS) is 23.3. The van der Waals surface area contributed by atoms with Gasteiger partial charge in [0.05, 0.1) is 29.7 Å². The predicted octanol–water partition coefficient (Wildman–Crippen LogP) is 1.17. The van der Waals surface area contributed by atoms with Crippen molar-refractivity contribution >= 4 is 21.4 Å². The first-order valence-electron chi connectivity index (χ1n) is 8.46. The minimum absolute atomic E-state index is 0.00572. The van der Waals surface area contributed by atoms with Gasteiger partial charge >= 0.3 is 0 Å². The zero-order valence-electron chi connectivity index (χ0n) is 14.0. The molecule has 0 N–H and O–H groups in total. The van der Waals surface area contributed by atoms with Crippen molar-refractivity contribution in [1.29, 1.82) is 0 Å². The van der Waals surface area contributed by atoms with Gasteiger partial charge in [-0.2, -0.15) is 0 Å². The molecule has 6 nitrogen and oxygen atoms in total. The molecule has 0 bridgehead atoms. The standard InChI is InChI=1S/C17H24N2O4S/c1-2-23-16-6-4-3-5-15(16)18-8-10-19(11-9-18)17(20)14-7-12-24(21,22)13-14/h3-6,14H,2,7-13H2,1H3/t14-/m1/s1. The van der Waals surface area contributed by atoms with Gasteiger partial charge in [0, 0.05) is 26.2 Å². The van der Waals surface area contributed by atoms with Crippen molar-refractivity contribution in [2.24, 2.45) is 5.92 Å². The number of sulfone groups is 1. The van der Waals surface area contributed by atoms with E-state index >= 15 is 0 Å². The van der Waals surface area contributed by atoms with Gasteiger partial charge in [-0.25, -0.2) is 8.42 Å². The molecule has 3 rings (SSSR count). The van der Waals surface area contributed by atoms with E-state index in [1.165, 1.54) is 0 Å². The number of hydrogen-bond acceptors (Lipinski definition) is 5. The Labute approximate surface area is 143 Å². The van der Waals surface area contributed by atoms with E-state index in [1.54, 1.807) is 0 Å². The van der Waals surface area contributed by atoms with E-state index in [0.29, 0.717) is 26.1 Å². The number of hydrogen-bond donors (Lipinski definition) is 0. The van der Waals surface area contributed by atoms with Crippen molar-refractivity contribution in [1.82, 2.24) is 4.90 Å². The molecule has 2 heterocycles. The summed E-state index contributed by atoms with van der Waals surface area (Å²) in [7, 11) is -3.02. The molecular formula is C17H24N2O4S.